The molecule has 1 aromatic rings. The highest BCUT2D eigenvalue weighted by Crippen LogP contribution is 2.20. The molecule has 0 amide bonds. The fraction of sp³-hybridized carbons (Fsp3) is 0.667. The number of nitrogens with one attached hydrogen (secondary N) is 1. The van der Waals surface area contributed by atoms with E-state index in [1.807, 2.05) is 32.9 Å². The third-order valence-corrected chi connectivity index (χ3v) is 3.52. The topological polar surface area (TPSA) is 30.5 Å². The van der Waals surface area contributed by atoms with Crippen LogP contribution in [0.15, 0.2) is 24.3 Å². The SMILES string of the molecule is CCOCC(NC(C)c1ccc(OC(C)C)cc1)C(C)C. The van der Waals surface area contributed by atoms with Crippen molar-refractivity contribution >= 4 is 0 Å². The molecule has 2 atom stereocenters. The Morgan fingerprint density at radius 3 is 2.10 bits per heavy atom. The second-order valence-electron chi connectivity index (χ2n) is 6.13. The van der Waals surface area contributed by atoms with Crippen LogP contribution in [0.4, 0.5) is 0 Å². The van der Waals surface area contributed by atoms with Crippen molar-refractivity contribution in [2.24, 2.45) is 5.92 Å². The van der Waals surface area contributed by atoms with Crippen LogP contribution in [0.5, 0.6) is 5.75 Å². The van der Waals surface area contributed by atoms with Crippen LogP contribution in [0, 0.1) is 5.92 Å². The van der Waals surface area contributed by atoms with Crippen molar-refractivity contribution < 1.29 is 9.47 Å². The van der Waals surface area contributed by atoms with E-state index in [2.05, 4.69) is 38.2 Å². The van der Waals surface area contributed by atoms with Crippen molar-refractivity contribution in [2.45, 2.75) is 59.7 Å². The predicted octanol–water partition coefficient (Wildman–Crippen LogP) is 4.19. The third kappa shape index (κ3) is 6.49. The van der Waals surface area contributed by atoms with Gasteiger partial charge in [-0.2, -0.15) is 0 Å². The third-order valence-electron chi connectivity index (χ3n) is 3.52. The summed E-state index contributed by atoms with van der Waals surface area (Å²) in [5, 5.41) is 3.66. The molecule has 0 saturated heterocycles. The van der Waals surface area contributed by atoms with Crippen molar-refractivity contribution in [3.8, 4) is 5.75 Å². The van der Waals surface area contributed by atoms with Gasteiger partial charge in [0.25, 0.3) is 0 Å². The fourth-order valence-electron chi connectivity index (χ4n) is 2.20. The maximum Gasteiger partial charge on any atom is 0.119 e. The van der Waals surface area contributed by atoms with Crippen molar-refractivity contribution in [3.05, 3.63) is 29.8 Å². The molecule has 21 heavy (non-hydrogen) atoms. The van der Waals surface area contributed by atoms with Gasteiger partial charge in [0.05, 0.1) is 12.7 Å². The lowest BCUT2D eigenvalue weighted by Crippen LogP contribution is -2.39. The first-order valence-electron chi connectivity index (χ1n) is 8.04. The van der Waals surface area contributed by atoms with Gasteiger partial charge in [0.2, 0.25) is 0 Å². The summed E-state index contributed by atoms with van der Waals surface area (Å²) in [5.74, 6) is 1.47. The number of benzene rings is 1. The molecule has 0 aliphatic heterocycles. The van der Waals surface area contributed by atoms with Gasteiger partial charge in [0.1, 0.15) is 5.75 Å². The molecule has 120 valence electrons. The molecular weight excluding hydrogens is 262 g/mol. The minimum Gasteiger partial charge on any atom is -0.491 e. The van der Waals surface area contributed by atoms with Crippen LogP contribution in [0.2, 0.25) is 0 Å². The van der Waals surface area contributed by atoms with Crippen molar-refractivity contribution in [2.75, 3.05) is 13.2 Å². The zero-order chi connectivity index (χ0) is 15.8. The Hall–Kier alpha value is -1.06. The molecule has 2 unspecified atom stereocenters. The van der Waals surface area contributed by atoms with E-state index in [0.29, 0.717) is 18.0 Å². The van der Waals surface area contributed by atoms with Crippen LogP contribution in [0.25, 0.3) is 0 Å². The van der Waals surface area contributed by atoms with E-state index in [0.717, 1.165) is 19.0 Å². The van der Waals surface area contributed by atoms with E-state index < -0.39 is 0 Å². The summed E-state index contributed by atoms with van der Waals surface area (Å²) < 4.78 is 11.3. The van der Waals surface area contributed by atoms with Gasteiger partial charge < -0.3 is 14.8 Å². The molecule has 0 fully saturated rings. The van der Waals surface area contributed by atoms with Gasteiger partial charge in [0.15, 0.2) is 0 Å². The number of ether oxygens (including phenoxy) is 2. The monoisotopic (exact) mass is 293 g/mol. The lowest BCUT2D eigenvalue weighted by atomic mass is 10.0. The largest absolute Gasteiger partial charge is 0.491 e. The van der Waals surface area contributed by atoms with E-state index in [9.17, 15) is 0 Å². The smallest absolute Gasteiger partial charge is 0.119 e. The van der Waals surface area contributed by atoms with Crippen molar-refractivity contribution in [1.29, 1.82) is 0 Å². The number of rotatable bonds is 9. The van der Waals surface area contributed by atoms with Crippen LogP contribution in [0.3, 0.4) is 0 Å². The van der Waals surface area contributed by atoms with Gasteiger partial charge in [-0.25, -0.2) is 0 Å². The highest BCUT2D eigenvalue weighted by molar-refractivity contribution is 5.29. The Morgan fingerprint density at radius 2 is 1.62 bits per heavy atom. The highest BCUT2D eigenvalue weighted by atomic mass is 16.5. The predicted molar refractivity (Wildman–Crippen MR) is 88.9 cm³/mol. The first-order chi connectivity index (χ1) is 9.93. The second kappa shape index (κ2) is 9.06. The van der Waals surface area contributed by atoms with Crippen LogP contribution >= 0.6 is 0 Å². The van der Waals surface area contributed by atoms with Gasteiger partial charge in [-0.15, -0.1) is 0 Å². The second-order valence-corrected chi connectivity index (χ2v) is 6.13. The molecule has 0 aliphatic carbocycles. The molecule has 0 heterocycles. The van der Waals surface area contributed by atoms with E-state index in [4.69, 9.17) is 9.47 Å². The maximum absolute atomic E-state index is 5.68. The van der Waals surface area contributed by atoms with Crippen molar-refractivity contribution in [3.63, 3.8) is 0 Å². The lowest BCUT2D eigenvalue weighted by molar-refractivity contribution is 0.104. The van der Waals surface area contributed by atoms with E-state index in [-0.39, 0.29) is 6.10 Å². The molecule has 1 rings (SSSR count). The Labute approximate surface area is 130 Å². The zero-order valence-corrected chi connectivity index (χ0v) is 14.3. The normalized spacial score (nSPS) is 14.5. The molecule has 3 nitrogen and oxygen atoms in total. The first-order valence-corrected chi connectivity index (χ1v) is 8.04. The summed E-state index contributed by atoms with van der Waals surface area (Å²) in [4.78, 5) is 0. The molecule has 0 bridgehead atoms. The van der Waals surface area contributed by atoms with Gasteiger partial charge in [-0.1, -0.05) is 26.0 Å². The average Bonchev–Trinajstić information content (AvgIpc) is 2.43. The number of hydrogen-bond donors (Lipinski definition) is 1. The molecule has 1 N–H and O–H groups in total. The van der Waals surface area contributed by atoms with Crippen molar-refractivity contribution in [1.82, 2.24) is 5.32 Å². The van der Waals surface area contributed by atoms with Crippen LogP contribution in [-0.2, 0) is 4.74 Å². The summed E-state index contributed by atoms with van der Waals surface area (Å²) in [6.45, 7) is 14.3. The fourth-order valence-corrected chi connectivity index (χ4v) is 2.20. The minimum absolute atomic E-state index is 0.211. The molecule has 0 aromatic heterocycles. The summed E-state index contributed by atoms with van der Waals surface area (Å²) in [7, 11) is 0. The molecule has 3 heteroatoms. The summed E-state index contributed by atoms with van der Waals surface area (Å²) in [6.07, 6.45) is 0.211. The van der Waals surface area contributed by atoms with Gasteiger partial charge >= 0.3 is 0 Å². The Morgan fingerprint density at radius 1 is 1.00 bits per heavy atom. The zero-order valence-electron chi connectivity index (χ0n) is 14.3. The summed E-state index contributed by atoms with van der Waals surface area (Å²) in [6, 6.07) is 9.01. The van der Waals surface area contributed by atoms with Gasteiger partial charge in [-0.05, 0) is 51.3 Å². The van der Waals surface area contributed by atoms with Crippen LogP contribution in [0.1, 0.15) is 53.1 Å². The van der Waals surface area contributed by atoms with Crippen LogP contribution in [-0.4, -0.2) is 25.4 Å². The Kier molecular flexibility index (Phi) is 7.76. The van der Waals surface area contributed by atoms with Crippen LogP contribution < -0.4 is 10.1 Å². The summed E-state index contributed by atoms with van der Waals surface area (Å²) in [5.41, 5.74) is 1.27. The maximum atomic E-state index is 5.68. The van der Waals surface area contributed by atoms with E-state index in [1.165, 1.54) is 5.56 Å². The first kappa shape index (κ1) is 18.0. The molecule has 0 radical (unpaired) electrons. The Bertz CT molecular complexity index is 387. The standard InChI is InChI=1S/C18H31NO2/c1-7-20-12-18(13(2)3)19-15(6)16-8-10-17(11-9-16)21-14(4)5/h8-11,13-15,18-19H,7,12H2,1-6H3. The molecule has 0 saturated carbocycles. The average molecular weight is 293 g/mol. The molecular formula is C18H31NO2. The van der Waals surface area contributed by atoms with Gasteiger partial charge in [0, 0.05) is 18.7 Å². The van der Waals surface area contributed by atoms with E-state index in [1.54, 1.807) is 0 Å². The number of hydrogen-bond acceptors (Lipinski definition) is 3. The Balaban J connectivity index is 2.62. The quantitative estimate of drug-likeness (QED) is 0.740. The minimum atomic E-state index is 0.211. The van der Waals surface area contributed by atoms with E-state index >= 15 is 0 Å². The van der Waals surface area contributed by atoms with Gasteiger partial charge in [-0.3, -0.25) is 0 Å². The lowest BCUT2D eigenvalue weighted by Gasteiger charge is -2.26. The summed E-state index contributed by atoms with van der Waals surface area (Å²) >= 11 is 0. The highest BCUT2D eigenvalue weighted by Gasteiger charge is 2.17. The molecule has 0 spiro atoms. The molecule has 1 aromatic carbocycles. The molecule has 0 aliphatic rings.